The van der Waals surface area contributed by atoms with Crippen LogP contribution in [0.2, 0.25) is 0 Å². The third kappa shape index (κ3) is 4.44. The Bertz CT molecular complexity index is 502. The fourth-order valence-electron chi connectivity index (χ4n) is 3.36. The highest BCUT2D eigenvalue weighted by Gasteiger charge is 2.20. The highest BCUT2D eigenvalue weighted by atomic mass is 16.1. The van der Waals surface area contributed by atoms with Crippen LogP contribution in [-0.2, 0) is 11.3 Å². The first-order valence-corrected chi connectivity index (χ1v) is 8.90. The minimum atomic E-state index is 0.166. The summed E-state index contributed by atoms with van der Waals surface area (Å²) in [5.41, 5.74) is 1.07. The maximum Gasteiger partial charge on any atom is 0.223 e. The molecule has 0 saturated carbocycles. The molecule has 0 bridgehead atoms. The van der Waals surface area contributed by atoms with Crippen molar-refractivity contribution < 1.29 is 4.79 Å². The molecule has 2 aliphatic heterocycles. The number of carbonyl (C=O) groups excluding carboxylic acids is 1. The summed E-state index contributed by atoms with van der Waals surface area (Å²) in [5, 5.41) is 6.34. The summed E-state index contributed by atoms with van der Waals surface area (Å²) in [6.45, 7) is 6.98. The van der Waals surface area contributed by atoms with Crippen molar-refractivity contribution in [2.45, 2.75) is 39.2 Å². The van der Waals surface area contributed by atoms with Gasteiger partial charge in [0.15, 0.2) is 0 Å². The Morgan fingerprint density at radius 2 is 2.00 bits per heavy atom. The summed E-state index contributed by atoms with van der Waals surface area (Å²) < 4.78 is 0. The van der Waals surface area contributed by atoms with Crippen LogP contribution < -0.4 is 15.5 Å². The van der Waals surface area contributed by atoms with Gasteiger partial charge in [0.05, 0.1) is 0 Å². The lowest BCUT2D eigenvalue weighted by atomic mass is 9.97. The molecule has 0 spiro atoms. The van der Waals surface area contributed by atoms with Gasteiger partial charge in [-0.25, -0.2) is 4.98 Å². The average Bonchev–Trinajstić information content (AvgIpc) is 2.61. The Hall–Kier alpha value is -1.62. The number of nitrogens with one attached hydrogen (secondary N) is 2. The Labute approximate surface area is 138 Å². The number of anilines is 1. The fraction of sp³-hybridized carbons (Fsp3) is 0.667. The van der Waals surface area contributed by atoms with Crippen LogP contribution in [0, 0.1) is 11.8 Å². The monoisotopic (exact) mass is 316 g/mol. The second-order valence-corrected chi connectivity index (χ2v) is 6.94. The Kier molecular flexibility index (Phi) is 5.49. The zero-order chi connectivity index (χ0) is 16.1. The number of aromatic nitrogens is 1. The van der Waals surface area contributed by atoms with Crippen molar-refractivity contribution in [3.05, 3.63) is 23.9 Å². The van der Waals surface area contributed by atoms with Gasteiger partial charge in [-0.3, -0.25) is 4.79 Å². The quantitative estimate of drug-likeness (QED) is 0.891. The molecular formula is C18H28N4O. The van der Waals surface area contributed by atoms with Crippen molar-refractivity contribution in [1.82, 2.24) is 15.6 Å². The van der Waals surface area contributed by atoms with E-state index < -0.39 is 0 Å². The van der Waals surface area contributed by atoms with Crippen molar-refractivity contribution in [2.75, 3.05) is 31.1 Å². The smallest absolute Gasteiger partial charge is 0.223 e. The molecule has 23 heavy (non-hydrogen) atoms. The highest BCUT2D eigenvalue weighted by molar-refractivity contribution is 5.78. The SMILES string of the molecule is CC1CCN(c2ccc(CNC(=O)C3CCNCC3)cn2)CC1. The number of amides is 1. The third-order valence-corrected chi connectivity index (χ3v) is 5.09. The first-order valence-electron chi connectivity index (χ1n) is 8.90. The van der Waals surface area contributed by atoms with E-state index in [0.717, 1.165) is 56.3 Å². The van der Waals surface area contributed by atoms with Gasteiger partial charge in [-0.15, -0.1) is 0 Å². The van der Waals surface area contributed by atoms with Gasteiger partial charge in [0.2, 0.25) is 5.91 Å². The van der Waals surface area contributed by atoms with Gasteiger partial charge >= 0.3 is 0 Å². The van der Waals surface area contributed by atoms with Gasteiger partial charge in [0, 0.05) is 31.7 Å². The number of rotatable bonds is 4. The second-order valence-electron chi connectivity index (χ2n) is 6.94. The lowest BCUT2D eigenvalue weighted by Crippen LogP contribution is -2.37. The van der Waals surface area contributed by atoms with E-state index in [9.17, 15) is 4.79 Å². The van der Waals surface area contributed by atoms with Crippen LogP contribution in [0.15, 0.2) is 18.3 Å². The van der Waals surface area contributed by atoms with E-state index >= 15 is 0 Å². The van der Waals surface area contributed by atoms with Crippen LogP contribution in [0.5, 0.6) is 0 Å². The van der Waals surface area contributed by atoms with Crippen molar-refractivity contribution in [1.29, 1.82) is 0 Å². The number of hydrogen-bond acceptors (Lipinski definition) is 4. The summed E-state index contributed by atoms with van der Waals surface area (Å²) in [4.78, 5) is 19.1. The van der Waals surface area contributed by atoms with Gasteiger partial charge in [-0.1, -0.05) is 13.0 Å². The number of piperidine rings is 2. The van der Waals surface area contributed by atoms with E-state index in [1.54, 1.807) is 0 Å². The molecule has 0 radical (unpaired) electrons. The number of nitrogens with zero attached hydrogens (tertiary/aromatic N) is 2. The molecule has 0 unspecified atom stereocenters. The molecule has 0 atom stereocenters. The molecule has 3 rings (SSSR count). The van der Waals surface area contributed by atoms with Gasteiger partial charge in [-0.05, 0) is 56.3 Å². The predicted molar refractivity (Wildman–Crippen MR) is 92.3 cm³/mol. The topological polar surface area (TPSA) is 57.3 Å². The summed E-state index contributed by atoms with van der Waals surface area (Å²) in [6, 6.07) is 4.17. The number of pyridine rings is 1. The number of hydrogen-bond donors (Lipinski definition) is 2. The lowest BCUT2D eigenvalue weighted by molar-refractivity contribution is -0.125. The van der Waals surface area contributed by atoms with Crippen LogP contribution in [-0.4, -0.2) is 37.1 Å². The van der Waals surface area contributed by atoms with Gasteiger partial charge in [0.1, 0.15) is 5.82 Å². The Morgan fingerprint density at radius 1 is 1.26 bits per heavy atom. The largest absolute Gasteiger partial charge is 0.357 e. The molecule has 5 nitrogen and oxygen atoms in total. The van der Waals surface area contributed by atoms with E-state index in [-0.39, 0.29) is 11.8 Å². The summed E-state index contributed by atoms with van der Waals surface area (Å²) in [5.74, 6) is 2.24. The van der Waals surface area contributed by atoms with Crippen molar-refractivity contribution in [2.24, 2.45) is 11.8 Å². The van der Waals surface area contributed by atoms with E-state index in [1.165, 1.54) is 12.8 Å². The maximum atomic E-state index is 12.1. The molecule has 0 aromatic carbocycles. The second kappa shape index (κ2) is 7.77. The molecule has 3 heterocycles. The Balaban J connectivity index is 1.48. The van der Waals surface area contributed by atoms with Crippen LogP contribution >= 0.6 is 0 Å². The summed E-state index contributed by atoms with van der Waals surface area (Å²) >= 11 is 0. The molecule has 2 fully saturated rings. The number of carbonyl (C=O) groups is 1. The van der Waals surface area contributed by atoms with Crippen molar-refractivity contribution in [3.63, 3.8) is 0 Å². The molecule has 1 amide bonds. The zero-order valence-corrected chi connectivity index (χ0v) is 14.1. The predicted octanol–water partition coefficient (Wildman–Crippen LogP) is 1.93. The lowest BCUT2D eigenvalue weighted by Gasteiger charge is -2.31. The van der Waals surface area contributed by atoms with E-state index in [0.29, 0.717) is 6.54 Å². The highest BCUT2D eigenvalue weighted by Crippen LogP contribution is 2.21. The van der Waals surface area contributed by atoms with E-state index in [1.807, 2.05) is 6.20 Å². The standard InChI is InChI=1S/C18H28N4O/c1-14-6-10-22(11-7-14)17-3-2-15(12-20-17)13-21-18(23)16-4-8-19-9-5-16/h2-3,12,14,16,19H,4-11,13H2,1H3,(H,21,23). The van der Waals surface area contributed by atoms with Crippen LogP contribution in [0.1, 0.15) is 38.2 Å². The van der Waals surface area contributed by atoms with Crippen molar-refractivity contribution in [3.8, 4) is 0 Å². The molecule has 2 aliphatic rings. The van der Waals surface area contributed by atoms with Crippen LogP contribution in [0.4, 0.5) is 5.82 Å². The molecule has 1 aromatic rings. The van der Waals surface area contributed by atoms with Gasteiger partial charge in [0.25, 0.3) is 0 Å². The van der Waals surface area contributed by atoms with E-state index in [4.69, 9.17) is 0 Å². The molecule has 5 heteroatoms. The Morgan fingerprint density at radius 3 is 2.65 bits per heavy atom. The van der Waals surface area contributed by atoms with E-state index in [2.05, 4.69) is 39.6 Å². The molecule has 1 aromatic heterocycles. The van der Waals surface area contributed by atoms with Crippen LogP contribution in [0.25, 0.3) is 0 Å². The fourth-order valence-corrected chi connectivity index (χ4v) is 3.36. The normalized spacial score (nSPS) is 20.5. The molecule has 2 N–H and O–H groups in total. The van der Waals surface area contributed by atoms with Crippen molar-refractivity contribution >= 4 is 11.7 Å². The summed E-state index contributed by atoms with van der Waals surface area (Å²) in [6.07, 6.45) is 6.27. The average molecular weight is 316 g/mol. The van der Waals surface area contributed by atoms with Gasteiger partial charge in [-0.2, -0.15) is 0 Å². The molecule has 0 aliphatic carbocycles. The third-order valence-electron chi connectivity index (χ3n) is 5.09. The molecule has 126 valence electrons. The minimum absolute atomic E-state index is 0.166. The molecule has 2 saturated heterocycles. The van der Waals surface area contributed by atoms with Crippen LogP contribution in [0.3, 0.4) is 0 Å². The summed E-state index contributed by atoms with van der Waals surface area (Å²) in [7, 11) is 0. The maximum absolute atomic E-state index is 12.1. The first-order chi connectivity index (χ1) is 11.2. The molecular weight excluding hydrogens is 288 g/mol. The first kappa shape index (κ1) is 16.2. The zero-order valence-electron chi connectivity index (χ0n) is 14.1. The van der Waals surface area contributed by atoms with Gasteiger partial charge < -0.3 is 15.5 Å². The minimum Gasteiger partial charge on any atom is -0.357 e.